The Morgan fingerprint density at radius 2 is 1.94 bits per heavy atom. The highest BCUT2D eigenvalue weighted by Crippen LogP contribution is 2.16. The monoisotopic (exact) mass is 225 g/mol. The number of nitrogens with zero attached hydrogens (tertiary/aromatic N) is 1. The summed E-state index contributed by atoms with van der Waals surface area (Å²) in [4.78, 5) is 4.34. The van der Waals surface area contributed by atoms with Crippen LogP contribution in [0.15, 0.2) is 4.99 Å². The van der Waals surface area contributed by atoms with E-state index in [1.165, 1.54) is 44.9 Å². The molecule has 2 nitrogen and oxygen atoms in total. The average molecular weight is 225 g/mol. The molecule has 0 saturated carbocycles. The first-order chi connectivity index (χ1) is 7.83. The maximum absolute atomic E-state index is 5.43. The second-order valence-corrected chi connectivity index (χ2v) is 4.99. The first-order valence-corrected chi connectivity index (χ1v) is 6.99. The Hall–Kier alpha value is -0.530. The van der Waals surface area contributed by atoms with Crippen molar-refractivity contribution in [3.8, 4) is 0 Å². The van der Waals surface area contributed by atoms with Gasteiger partial charge in [0.1, 0.15) is 6.61 Å². The summed E-state index contributed by atoms with van der Waals surface area (Å²) in [5.74, 6) is 1.74. The molecule has 0 aromatic heterocycles. The van der Waals surface area contributed by atoms with Crippen molar-refractivity contribution in [3.05, 3.63) is 0 Å². The summed E-state index contributed by atoms with van der Waals surface area (Å²) in [6.45, 7) is 6.26. The molecule has 94 valence electrons. The van der Waals surface area contributed by atoms with Gasteiger partial charge in [-0.2, -0.15) is 0 Å². The second-order valence-electron chi connectivity index (χ2n) is 4.99. The van der Waals surface area contributed by atoms with Gasteiger partial charge in [0.25, 0.3) is 0 Å². The summed E-state index contributed by atoms with van der Waals surface area (Å²) in [5.41, 5.74) is 0. The lowest BCUT2D eigenvalue weighted by molar-refractivity contribution is 0.327. The summed E-state index contributed by atoms with van der Waals surface area (Å²) in [5, 5.41) is 0. The zero-order valence-electron chi connectivity index (χ0n) is 11.0. The SMILES string of the molecule is CCCCCCCCC(C)CC1=NCCO1. The molecule has 1 heterocycles. The third-order valence-electron chi connectivity index (χ3n) is 3.22. The van der Waals surface area contributed by atoms with Crippen LogP contribution in [-0.2, 0) is 4.74 Å². The fourth-order valence-corrected chi connectivity index (χ4v) is 2.18. The molecule has 0 spiro atoms. The number of ether oxygens (including phenoxy) is 1. The molecule has 1 unspecified atom stereocenters. The van der Waals surface area contributed by atoms with Crippen LogP contribution in [0.5, 0.6) is 0 Å². The topological polar surface area (TPSA) is 21.6 Å². The van der Waals surface area contributed by atoms with Gasteiger partial charge in [-0.3, -0.25) is 4.99 Å². The molecule has 2 heteroatoms. The zero-order valence-corrected chi connectivity index (χ0v) is 11.0. The summed E-state index contributed by atoms with van der Waals surface area (Å²) in [7, 11) is 0. The molecule has 0 N–H and O–H groups in total. The number of hydrogen-bond donors (Lipinski definition) is 0. The van der Waals surface area contributed by atoms with Crippen molar-refractivity contribution in [2.45, 2.75) is 65.2 Å². The molecule has 0 aromatic carbocycles. The van der Waals surface area contributed by atoms with E-state index in [1.807, 2.05) is 0 Å². The summed E-state index contributed by atoms with van der Waals surface area (Å²) in [6, 6.07) is 0. The minimum atomic E-state index is 0.739. The minimum Gasteiger partial charge on any atom is -0.479 e. The third kappa shape index (κ3) is 6.14. The van der Waals surface area contributed by atoms with Crippen LogP contribution in [0.25, 0.3) is 0 Å². The molecule has 1 rings (SSSR count). The molecule has 0 fully saturated rings. The molecule has 0 bridgehead atoms. The predicted molar refractivity (Wildman–Crippen MR) is 70.0 cm³/mol. The number of rotatable bonds is 9. The van der Waals surface area contributed by atoms with Gasteiger partial charge < -0.3 is 4.74 Å². The number of aliphatic imine (C=N–C) groups is 1. The van der Waals surface area contributed by atoms with E-state index in [-0.39, 0.29) is 0 Å². The van der Waals surface area contributed by atoms with Gasteiger partial charge in [-0.1, -0.05) is 58.8 Å². The Morgan fingerprint density at radius 3 is 2.62 bits per heavy atom. The number of hydrogen-bond acceptors (Lipinski definition) is 2. The third-order valence-corrected chi connectivity index (χ3v) is 3.22. The molecule has 1 aliphatic heterocycles. The smallest absolute Gasteiger partial charge is 0.183 e. The molecule has 0 aromatic rings. The van der Waals surface area contributed by atoms with Gasteiger partial charge in [-0.05, 0) is 5.92 Å². The second kappa shape index (κ2) is 8.60. The maximum Gasteiger partial charge on any atom is 0.183 e. The van der Waals surface area contributed by atoms with Crippen molar-refractivity contribution in [2.24, 2.45) is 10.9 Å². The van der Waals surface area contributed by atoms with Gasteiger partial charge in [0.15, 0.2) is 5.90 Å². The highest BCUT2D eigenvalue weighted by Gasteiger charge is 2.11. The fourth-order valence-electron chi connectivity index (χ4n) is 2.18. The van der Waals surface area contributed by atoms with E-state index in [4.69, 9.17) is 4.74 Å². The fraction of sp³-hybridized carbons (Fsp3) is 0.929. The first-order valence-electron chi connectivity index (χ1n) is 6.99. The molecule has 0 radical (unpaired) electrons. The van der Waals surface area contributed by atoms with E-state index in [1.54, 1.807) is 0 Å². The van der Waals surface area contributed by atoms with Gasteiger partial charge in [0, 0.05) is 6.42 Å². The van der Waals surface area contributed by atoms with Crippen molar-refractivity contribution in [3.63, 3.8) is 0 Å². The van der Waals surface area contributed by atoms with Crippen LogP contribution < -0.4 is 0 Å². The highest BCUT2D eigenvalue weighted by atomic mass is 16.5. The Morgan fingerprint density at radius 1 is 1.19 bits per heavy atom. The lowest BCUT2D eigenvalue weighted by Crippen LogP contribution is -2.06. The summed E-state index contributed by atoms with van der Waals surface area (Å²) in [6.07, 6.45) is 10.7. The van der Waals surface area contributed by atoms with Crippen LogP contribution >= 0.6 is 0 Å². The van der Waals surface area contributed by atoms with Crippen LogP contribution in [-0.4, -0.2) is 19.0 Å². The Bertz CT molecular complexity index is 201. The van der Waals surface area contributed by atoms with E-state index in [9.17, 15) is 0 Å². The number of unbranched alkanes of at least 4 members (excludes halogenated alkanes) is 5. The summed E-state index contributed by atoms with van der Waals surface area (Å²) >= 11 is 0. The van der Waals surface area contributed by atoms with Gasteiger partial charge >= 0.3 is 0 Å². The largest absolute Gasteiger partial charge is 0.479 e. The van der Waals surface area contributed by atoms with E-state index in [0.717, 1.165) is 31.4 Å². The molecular weight excluding hydrogens is 198 g/mol. The average Bonchev–Trinajstić information content (AvgIpc) is 2.76. The standard InChI is InChI=1S/C14H27NO/c1-3-4-5-6-7-8-9-13(2)12-14-15-10-11-16-14/h13H,3-12H2,1-2H3. The lowest BCUT2D eigenvalue weighted by Gasteiger charge is -2.10. The quantitative estimate of drug-likeness (QED) is 0.539. The van der Waals surface area contributed by atoms with Gasteiger partial charge in [0.05, 0.1) is 6.54 Å². The van der Waals surface area contributed by atoms with Crippen molar-refractivity contribution < 1.29 is 4.74 Å². The van der Waals surface area contributed by atoms with Crippen LogP contribution in [0.2, 0.25) is 0 Å². The Balaban J connectivity index is 1.91. The van der Waals surface area contributed by atoms with E-state index in [2.05, 4.69) is 18.8 Å². The maximum atomic E-state index is 5.43. The highest BCUT2D eigenvalue weighted by molar-refractivity contribution is 5.77. The molecule has 0 aliphatic carbocycles. The van der Waals surface area contributed by atoms with E-state index in [0.29, 0.717) is 0 Å². The van der Waals surface area contributed by atoms with Crippen molar-refractivity contribution in [1.29, 1.82) is 0 Å². The minimum absolute atomic E-state index is 0.739. The Labute approximate surface area is 100 Å². The van der Waals surface area contributed by atoms with Crippen molar-refractivity contribution >= 4 is 5.90 Å². The van der Waals surface area contributed by atoms with Crippen LogP contribution in [0, 0.1) is 5.92 Å². The molecule has 16 heavy (non-hydrogen) atoms. The van der Waals surface area contributed by atoms with Crippen molar-refractivity contribution in [2.75, 3.05) is 13.2 Å². The zero-order chi connectivity index (χ0) is 11.6. The van der Waals surface area contributed by atoms with Crippen molar-refractivity contribution in [1.82, 2.24) is 0 Å². The molecule has 0 saturated heterocycles. The van der Waals surface area contributed by atoms with Gasteiger partial charge in [0.2, 0.25) is 0 Å². The normalized spacial score (nSPS) is 17.0. The molecule has 1 aliphatic rings. The lowest BCUT2D eigenvalue weighted by atomic mass is 9.99. The van der Waals surface area contributed by atoms with Crippen LogP contribution in [0.4, 0.5) is 0 Å². The predicted octanol–water partition coefficient (Wildman–Crippen LogP) is 4.19. The van der Waals surface area contributed by atoms with Gasteiger partial charge in [-0.15, -0.1) is 0 Å². The molecular formula is C14H27NO. The first kappa shape index (κ1) is 13.5. The van der Waals surface area contributed by atoms with Gasteiger partial charge in [-0.25, -0.2) is 0 Å². The summed E-state index contributed by atoms with van der Waals surface area (Å²) < 4.78 is 5.43. The van der Waals surface area contributed by atoms with E-state index >= 15 is 0 Å². The molecule has 1 atom stereocenters. The van der Waals surface area contributed by atoms with Crippen LogP contribution in [0.3, 0.4) is 0 Å². The Kier molecular flexibility index (Phi) is 7.28. The van der Waals surface area contributed by atoms with E-state index < -0.39 is 0 Å². The molecule has 0 amide bonds. The van der Waals surface area contributed by atoms with Crippen LogP contribution in [0.1, 0.15) is 65.2 Å².